The molecule has 1 heterocycles. The van der Waals surface area contributed by atoms with Gasteiger partial charge >= 0.3 is 0 Å². The molecule has 3 rings (SSSR count). The quantitative estimate of drug-likeness (QED) is 0.890. The topological polar surface area (TPSA) is 15.3 Å². The zero-order valence-corrected chi connectivity index (χ0v) is 12.6. The van der Waals surface area contributed by atoms with E-state index in [1.54, 1.807) is 0 Å². The smallest absolute Gasteiger partial charge is 0.0237 e. The molecule has 19 heavy (non-hydrogen) atoms. The van der Waals surface area contributed by atoms with Crippen LogP contribution in [0.3, 0.4) is 0 Å². The van der Waals surface area contributed by atoms with Gasteiger partial charge in [-0.25, -0.2) is 0 Å². The minimum atomic E-state index is 0.718. The molecule has 1 aromatic rings. The average molecular weight is 276 g/mol. The lowest BCUT2D eigenvalue weighted by atomic mass is 10.1. The summed E-state index contributed by atoms with van der Waals surface area (Å²) in [5.74, 6) is 2.57. The van der Waals surface area contributed by atoms with Gasteiger partial charge in [0.2, 0.25) is 0 Å². The fourth-order valence-corrected chi connectivity index (χ4v) is 3.63. The predicted octanol–water partition coefficient (Wildman–Crippen LogP) is 2.88. The molecular formula is C16H24N2S. The van der Waals surface area contributed by atoms with E-state index in [1.807, 2.05) is 0 Å². The first-order valence-electron chi connectivity index (χ1n) is 7.44. The lowest BCUT2D eigenvalue weighted by Crippen LogP contribution is -2.39. The largest absolute Gasteiger partial charge is 0.310 e. The molecule has 2 fully saturated rings. The van der Waals surface area contributed by atoms with Gasteiger partial charge in [0.1, 0.15) is 0 Å². The van der Waals surface area contributed by atoms with Crippen molar-refractivity contribution < 1.29 is 0 Å². The van der Waals surface area contributed by atoms with Gasteiger partial charge in [-0.1, -0.05) is 24.3 Å². The molecule has 1 unspecified atom stereocenters. The van der Waals surface area contributed by atoms with Gasteiger partial charge in [-0.15, -0.1) is 0 Å². The fourth-order valence-electron chi connectivity index (χ4n) is 2.54. The Balaban J connectivity index is 1.52. The Morgan fingerprint density at radius 1 is 1.21 bits per heavy atom. The third kappa shape index (κ3) is 3.98. The third-order valence-electron chi connectivity index (χ3n) is 4.09. The minimum absolute atomic E-state index is 0.718. The van der Waals surface area contributed by atoms with Gasteiger partial charge in [-0.2, -0.15) is 11.8 Å². The first-order valence-corrected chi connectivity index (χ1v) is 8.60. The molecular weight excluding hydrogens is 252 g/mol. The van der Waals surface area contributed by atoms with Gasteiger partial charge < -0.3 is 5.32 Å². The second kappa shape index (κ2) is 6.29. The zero-order valence-electron chi connectivity index (χ0n) is 11.8. The van der Waals surface area contributed by atoms with Crippen molar-refractivity contribution in [3.05, 3.63) is 35.4 Å². The Labute approximate surface area is 121 Å². The number of benzene rings is 1. The van der Waals surface area contributed by atoms with Crippen LogP contribution in [0.25, 0.3) is 0 Å². The maximum atomic E-state index is 3.57. The van der Waals surface area contributed by atoms with Crippen molar-refractivity contribution in [3.63, 3.8) is 0 Å². The zero-order chi connectivity index (χ0) is 13.1. The van der Waals surface area contributed by atoms with Crippen LogP contribution in [0.2, 0.25) is 0 Å². The Hall–Kier alpha value is -0.510. The highest BCUT2D eigenvalue weighted by Crippen LogP contribution is 2.20. The van der Waals surface area contributed by atoms with Gasteiger partial charge in [0, 0.05) is 43.2 Å². The molecule has 0 aromatic heterocycles. The Kier molecular flexibility index (Phi) is 4.46. The van der Waals surface area contributed by atoms with E-state index in [2.05, 4.69) is 53.2 Å². The van der Waals surface area contributed by atoms with Gasteiger partial charge in [-0.3, -0.25) is 4.90 Å². The van der Waals surface area contributed by atoms with Crippen LogP contribution in [0.5, 0.6) is 0 Å². The third-order valence-corrected chi connectivity index (χ3v) is 5.28. The summed E-state index contributed by atoms with van der Waals surface area (Å²) in [4.78, 5) is 2.61. The number of thioether (sulfide) groups is 1. The molecule has 1 N–H and O–H groups in total. The highest BCUT2D eigenvalue weighted by Gasteiger charge is 2.20. The maximum Gasteiger partial charge on any atom is 0.0237 e. The molecule has 2 aliphatic rings. The number of rotatable bonds is 5. The van der Waals surface area contributed by atoms with Crippen molar-refractivity contribution in [2.75, 3.05) is 18.1 Å². The summed E-state index contributed by atoms with van der Waals surface area (Å²) in [6.07, 6.45) is 2.73. The SMILES string of the molecule is CC1CSCCN1Cc1ccc(CNC2CC2)cc1. The van der Waals surface area contributed by atoms with E-state index in [4.69, 9.17) is 0 Å². The molecule has 3 heteroatoms. The molecule has 1 saturated heterocycles. The minimum Gasteiger partial charge on any atom is -0.310 e. The van der Waals surface area contributed by atoms with Gasteiger partial charge in [0.15, 0.2) is 0 Å². The highest BCUT2D eigenvalue weighted by atomic mass is 32.2. The second-order valence-corrected chi connectivity index (χ2v) is 7.02. The van der Waals surface area contributed by atoms with Gasteiger partial charge in [-0.05, 0) is 30.9 Å². The maximum absolute atomic E-state index is 3.57. The van der Waals surface area contributed by atoms with E-state index in [0.29, 0.717) is 0 Å². The molecule has 0 bridgehead atoms. The molecule has 1 aliphatic heterocycles. The van der Waals surface area contributed by atoms with Crippen LogP contribution in [-0.4, -0.2) is 35.0 Å². The van der Waals surface area contributed by atoms with E-state index in [0.717, 1.165) is 25.2 Å². The molecule has 0 spiro atoms. The van der Waals surface area contributed by atoms with Crippen LogP contribution in [0.1, 0.15) is 30.9 Å². The fraction of sp³-hybridized carbons (Fsp3) is 0.625. The summed E-state index contributed by atoms with van der Waals surface area (Å²) in [7, 11) is 0. The predicted molar refractivity (Wildman–Crippen MR) is 83.5 cm³/mol. The molecule has 2 nitrogen and oxygen atoms in total. The average Bonchev–Trinajstić information content (AvgIpc) is 3.25. The number of nitrogens with zero attached hydrogens (tertiary/aromatic N) is 1. The Morgan fingerprint density at radius 3 is 2.63 bits per heavy atom. The van der Waals surface area contributed by atoms with E-state index in [-0.39, 0.29) is 0 Å². The first-order chi connectivity index (χ1) is 9.31. The van der Waals surface area contributed by atoms with Crippen LogP contribution in [0.4, 0.5) is 0 Å². The Morgan fingerprint density at radius 2 is 1.95 bits per heavy atom. The normalized spacial score (nSPS) is 24.6. The Bertz CT molecular complexity index is 400. The van der Waals surface area contributed by atoms with E-state index < -0.39 is 0 Å². The van der Waals surface area contributed by atoms with Crippen molar-refractivity contribution in [2.45, 2.75) is 44.9 Å². The van der Waals surface area contributed by atoms with Crippen LogP contribution in [0, 0.1) is 0 Å². The summed E-state index contributed by atoms with van der Waals surface area (Å²) < 4.78 is 0. The standard InChI is InChI=1S/C16H24N2S/c1-13-12-19-9-8-18(13)11-15-4-2-14(3-5-15)10-17-16-6-7-16/h2-5,13,16-17H,6-12H2,1H3. The number of hydrogen-bond acceptors (Lipinski definition) is 3. The van der Waals surface area contributed by atoms with Crippen LogP contribution < -0.4 is 5.32 Å². The molecule has 104 valence electrons. The first kappa shape index (κ1) is 13.5. The van der Waals surface area contributed by atoms with Gasteiger partial charge in [0.25, 0.3) is 0 Å². The van der Waals surface area contributed by atoms with Crippen molar-refractivity contribution in [2.24, 2.45) is 0 Å². The van der Waals surface area contributed by atoms with Crippen molar-refractivity contribution in [1.82, 2.24) is 10.2 Å². The molecule has 1 aliphatic carbocycles. The van der Waals surface area contributed by atoms with E-state index in [9.17, 15) is 0 Å². The monoisotopic (exact) mass is 276 g/mol. The highest BCUT2D eigenvalue weighted by molar-refractivity contribution is 7.99. The number of nitrogens with one attached hydrogen (secondary N) is 1. The van der Waals surface area contributed by atoms with Crippen molar-refractivity contribution in [1.29, 1.82) is 0 Å². The molecule has 0 radical (unpaired) electrons. The van der Waals surface area contributed by atoms with E-state index >= 15 is 0 Å². The van der Waals surface area contributed by atoms with Crippen LogP contribution >= 0.6 is 11.8 Å². The molecule has 0 amide bonds. The van der Waals surface area contributed by atoms with Crippen LogP contribution in [-0.2, 0) is 13.1 Å². The lowest BCUT2D eigenvalue weighted by Gasteiger charge is -2.33. The summed E-state index contributed by atoms with van der Waals surface area (Å²) >= 11 is 2.09. The van der Waals surface area contributed by atoms with Crippen molar-refractivity contribution >= 4 is 11.8 Å². The second-order valence-electron chi connectivity index (χ2n) is 5.87. The van der Waals surface area contributed by atoms with E-state index in [1.165, 1.54) is 42.0 Å². The molecule has 1 atom stereocenters. The lowest BCUT2D eigenvalue weighted by molar-refractivity contribution is 0.224. The molecule has 1 saturated carbocycles. The number of hydrogen-bond donors (Lipinski definition) is 1. The van der Waals surface area contributed by atoms with Gasteiger partial charge in [0.05, 0.1) is 0 Å². The summed E-state index contributed by atoms with van der Waals surface area (Å²) in [5.41, 5.74) is 2.87. The summed E-state index contributed by atoms with van der Waals surface area (Å²) in [6.45, 7) is 5.72. The molecule has 1 aromatic carbocycles. The summed E-state index contributed by atoms with van der Waals surface area (Å²) in [6, 6.07) is 10.7. The van der Waals surface area contributed by atoms with Crippen LogP contribution in [0.15, 0.2) is 24.3 Å². The van der Waals surface area contributed by atoms with Crippen molar-refractivity contribution in [3.8, 4) is 0 Å². The summed E-state index contributed by atoms with van der Waals surface area (Å²) in [5, 5.41) is 3.57.